The van der Waals surface area contributed by atoms with Crippen LogP contribution in [0.25, 0.3) is 10.9 Å². The molecule has 3 amide bonds. The zero-order chi connectivity index (χ0) is 27.3. The molecule has 2 heterocycles. The van der Waals surface area contributed by atoms with Gasteiger partial charge in [-0.3, -0.25) is 14.4 Å². The Morgan fingerprint density at radius 2 is 1.81 bits per heavy atom. The minimum Gasteiger partial charge on any atom is -0.480 e. The van der Waals surface area contributed by atoms with Gasteiger partial charge in [0.1, 0.15) is 18.1 Å². The fourth-order valence-corrected chi connectivity index (χ4v) is 4.85. The van der Waals surface area contributed by atoms with Gasteiger partial charge in [0, 0.05) is 23.6 Å². The Hall–Kier alpha value is -3.40. The van der Waals surface area contributed by atoms with Crippen LogP contribution in [-0.2, 0) is 25.6 Å². The van der Waals surface area contributed by atoms with E-state index in [0.29, 0.717) is 32.2 Å². The van der Waals surface area contributed by atoms with Crippen molar-refractivity contribution in [1.82, 2.24) is 20.5 Å². The first-order chi connectivity index (χ1) is 17.5. The van der Waals surface area contributed by atoms with Crippen LogP contribution in [0, 0.1) is 11.8 Å². The number of carboxylic acids is 1. The number of hydrogen-bond donors (Lipinski definition) is 5. The van der Waals surface area contributed by atoms with E-state index in [2.05, 4.69) is 15.6 Å². The molecule has 6 N–H and O–H groups in total. The summed E-state index contributed by atoms with van der Waals surface area (Å²) in [5.74, 6) is -2.59. The fraction of sp³-hybridized carbons (Fsp3) is 0.556. The molecule has 1 aliphatic heterocycles. The molecule has 202 valence electrons. The van der Waals surface area contributed by atoms with Crippen molar-refractivity contribution >= 4 is 34.6 Å². The van der Waals surface area contributed by atoms with Crippen molar-refractivity contribution in [1.29, 1.82) is 0 Å². The number of fused-ring (bicyclic) bond motifs is 1. The predicted octanol–water partition coefficient (Wildman–Crippen LogP) is 1.79. The Morgan fingerprint density at radius 3 is 2.46 bits per heavy atom. The number of nitrogens with one attached hydrogen (secondary N) is 3. The quantitative estimate of drug-likeness (QED) is 0.308. The Bertz CT molecular complexity index is 1130. The lowest BCUT2D eigenvalue weighted by Crippen LogP contribution is -2.58. The number of nitrogens with two attached hydrogens (primary N) is 1. The monoisotopic (exact) mass is 513 g/mol. The molecule has 1 aromatic carbocycles. The third-order valence-electron chi connectivity index (χ3n) is 6.84. The van der Waals surface area contributed by atoms with Gasteiger partial charge in [-0.15, -0.1) is 0 Å². The van der Waals surface area contributed by atoms with Gasteiger partial charge in [0.15, 0.2) is 0 Å². The molecule has 37 heavy (non-hydrogen) atoms. The van der Waals surface area contributed by atoms with E-state index in [1.54, 1.807) is 13.8 Å². The Kier molecular flexibility index (Phi) is 9.31. The number of carbonyl (C=O) groups excluding carboxylic acids is 3. The van der Waals surface area contributed by atoms with Crippen LogP contribution in [0.2, 0.25) is 0 Å². The van der Waals surface area contributed by atoms with Gasteiger partial charge in [-0.1, -0.05) is 45.9 Å². The van der Waals surface area contributed by atoms with Crippen molar-refractivity contribution in [2.75, 3.05) is 6.54 Å². The highest BCUT2D eigenvalue weighted by Gasteiger charge is 2.39. The van der Waals surface area contributed by atoms with E-state index >= 15 is 0 Å². The van der Waals surface area contributed by atoms with Gasteiger partial charge in [-0.25, -0.2) is 4.79 Å². The number of benzene rings is 1. The maximum Gasteiger partial charge on any atom is 0.326 e. The second-order valence-electron chi connectivity index (χ2n) is 10.6. The van der Waals surface area contributed by atoms with Crippen LogP contribution in [0.1, 0.15) is 52.5 Å². The normalized spacial score (nSPS) is 18.1. The highest BCUT2D eigenvalue weighted by Crippen LogP contribution is 2.21. The van der Waals surface area contributed by atoms with Crippen LogP contribution in [-0.4, -0.2) is 69.4 Å². The van der Waals surface area contributed by atoms with E-state index in [4.69, 9.17) is 5.73 Å². The Balaban J connectivity index is 1.69. The number of likely N-dealkylation sites (tertiary alicyclic amines) is 1. The summed E-state index contributed by atoms with van der Waals surface area (Å²) in [4.78, 5) is 55.7. The van der Waals surface area contributed by atoms with E-state index in [0.717, 1.165) is 16.5 Å². The van der Waals surface area contributed by atoms with E-state index in [1.165, 1.54) is 4.90 Å². The van der Waals surface area contributed by atoms with Gasteiger partial charge in [-0.05, 0) is 49.1 Å². The summed E-state index contributed by atoms with van der Waals surface area (Å²) in [7, 11) is 0. The summed E-state index contributed by atoms with van der Waals surface area (Å²) in [6.45, 7) is 7.80. The number of nitrogens with zero attached hydrogens (tertiary/aromatic N) is 1. The first kappa shape index (κ1) is 28.2. The largest absolute Gasteiger partial charge is 0.480 e. The summed E-state index contributed by atoms with van der Waals surface area (Å²) in [6.07, 6.45) is 3.47. The number of carbonyl (C=O) groups is 4. The van der Waals surface area contributed by atoms with Crippen LogP contribution < -0.4 is 16.4 Å². The number of hydrogen-bond acceptors (Lipinski definition) is 5. The zero-order valence-electron chi connectivity index (χ0n) is 22.0. The number of rotatable bonds is 11. The zero-order valence-corrected chi connectivity index (χ0v) is 22.0. The van der Waals surface area contributed by atoms with Crippen LogP contribution >= 0.6 is 0 Å². The maximum absolute atomic E-state index is 13.3. The smallest absolute Gasteiger partial charge is 0.326 e. The minimum atomic E-state index is -1.05. The number of aromatic nitrogens is 1. The van der Waals surface area contributed by atoms with Gasteiger partial charge in [0.2, 0.25) is 17.7 Å². The fourth-order valence-electron chi connectivity index (χ4n) is 4.85. The molecule has 0 aliphatic carbocycles. The van der Waals surface area contributed by atoms with Gasteiger partial charge >= 0.3 is 5.97 Å². The lowest BCUT2D eigenvalue weighted by Gasteiger charge is -2.31. The minimum absolute atomic E-state index is 0.0871. The first-order valence-electron chi connectivity index (χ1n) is 12.9. The van der Waals surface area contributed by atoms with Gasteiger partial charge in [0.25, 0.3) is 0 Å². The van der Waals surface area contributed by atoms with Crippen molar-refractivity contribution in [2.45, 2.75) is 77.5 Å². The predicted molar refractivity (Wildman–Crippen MR) is 141 cm³/mol. The van der Waals surface area contributed by atoms with Crippen molar-refractivity contribution in [3.05, 3.63) is 36.0 Å². The average Bonchev–Trinajstić information content (AvgIpc) is 3.49. The molecular weight excluding hydrogens is 474 g/mol. The van der Waals surface area contributed by atoms with Gasteiger partial charge in [0.05, 0.1) is 6.04 Å². The number of carboxylic acid groups (broad SMARTS) is 1. The molecule has 1 fully saturated rings. The lowest BCUT2D eigenvalue weighted by atomic mass is 9.98. The van der Waals surface area contributed by atoms with E-state index < -0.39 is 47.9 Å². The molecular formula is C27H39N5O5. The standard InChI is InChI=1S/C27H39N5O5/c1-15(2)12-21(30-24(33)19(28)13-17-14-29-20-9-6-5-8-18(17)20)25(34)31-23(16(3)4)26(35)32-11-7-10-22(32)27(36)37/h5-6,8-9,14-16,19,21-23,29H,7,10-13,28H2,1-4H3,(H,30,33)(H,31,34)(H,36,37)/t19-,21-,22-,23-/m0/s1. The lowest BCUT2D eigenvalue weighted by molar-refractivity contribution is -0.150. The second-order valence-corrected chi connectivity index (χ2v) is 10.6. The van der Waals surface area contributed by atoms with Crippen LogP contribution in [0.4, 0.5) is 0 Å². The summed E-state index contributed by atoms with van der Waals surface area (Å²) in [5, 5.41) is 16.0. The molecule has 4 atom stereocenters. The SMILES string of the molecule is CC(C)C[C@H](NC(=O)[C@@H](N)Cc1c[nH]c2ccccc12)C(=O)N[C@H](C(=O)N1CCC[C@H]1C(=O)O)C(C)C. The van der Waals surface area contributed by atoms with Gasteiger partial charge in [-0.2, -0.15) is 0 Å². The molecule has 10 heteroatoms. The van der Waals surface area contributed by atoms with Crippen molar-refractivity contribution in [2.24, 2.45) is 17.6 Å². The average molecular weight is 514 g/mol. The molecule has 10 nitrogen and oxygen atoms in total. The number of amides is 3. The van der Waals surface area contributed by atoms with E-state index in [9.17, 15) is 24.3 Å². The summed E-state index contributed by atoms with van der Waals surface area (Å²) in [6, 6.07) is 4.19. The summed E-state index contributed by atoms with van der Waals surface area (Å²) < 4.78 is 0. The molecule has 1 saturated heterocycles. The highest BCUT2D eigenvalue weighted by atomic mass is 16.4. The molecule has 0 unspecified atom stereocenters. The number of aromatic amines is 1. The third-order valence-corrected chi connectivity index (χ3v) is 6.84. The Labute approximate surface area is 217 Å². The van der Waals surface area contributed by atoms with E-state index in [1.807, 2.05) is 44.3 Å². The molecule has 0 saturated carbocycles. The number of aliphatic carboxylic acids is 1. The highest BCUT2D eigenvalue weighted by molar-refractivity contribution is 5.94. The molecule has 1 aromatic heterocycles. The van der Waals surface area contributed by atoms with Crippen LogP contribution in [0.5, 0.6) is 0 Å². The topological polar surface area (TPSA) is 158 Å². The van der Waals surface area contributed by atoms with Crippen molar-refractivity contribution in [3.63, 3.8) is 0 Å². The molecule has 0 radical (unpaired) electrons. The van der Waals surface area contributed by atoms with Crippen LogP contribution in [0.15, 0.2) is 30.5 Å². The van der Waals surface area contributed by atoms with Crippen LogP contribution in [0.3, 0.4) is 0 Å². The van der Waals surface area contributed by atoms with Crippen molar-refractivity contribution in [3.8, 4) is 0 Å². The van der Waals surface area contributed by atoms with Gasteiger partial charge < -0.3 is 31.4 Å². The summed E-state index contributed by atoms with van der Waals surface area (Å²) in [5.41, 5.74) is 8.09. The first-order valence-corrected chi connectivity index (χ1v) is 12.9. The summed E-state index contributed by atoms with van der Waals surface area (Å²) >= 11 is 0. The number of para-hydroxylation sites is 1. The number of H-pyrrole nitrogens is 1. The van der Waals surface area contributed by atoms with E-state index in [-0.39, 0.29) is 11.8 Å². The molecule has 0 bridgehead atoms. The third kappa shape index (κ3) is 6.88. The van der Waals surface area contributed by atoms with Crippen molar-refractivity contribution < 1.29 is 24.3 Å². The molecule has 0 spiro atoms. The maximum atomic E-state index is 13.3. The Morgan fingerprint density at radius 1 is 1.11 bits per heavy atom. The molecule has 1 aliphatic rings. The molecule has 3 rings (SSSR count). The molecule has 2 aromatic rings. The second kappa shape index (κ2) is 12.2.